The summed E-state index contributed by atoms with van der Waals surface area (Å²) in [6, 6.07) is 5.92. The topological polar surface area (TPSA) is 87.5 Å². The molecular formula is C14H20N4O3. The van der Waals surface area contributed by atoms with Crippen molar-refractivity contribution in [1.82, 2.24) is 10.2 Å². The SMILES string of the molecule is CNCC1CCCCN1C(=O)Nc1ccc([N+](=O)[O-])cc1. The monoisotopic (exact) mass is 292 g/mol. The number of likely N-dealkylation sites (N-methyl/N-ethyl adjacent to an activating group) is 1. The quantitative estimate of drug-likeness (QED) is 0.658. The third kappa shape index (κ3) is 3.91. The van der Waals surface area contributed by atoms with Gasteiger partial charge in [-0.1, -0.05) is 0 Å². The molecule has 1 fully saturated rings. The number of amides is 2. The maximum absolute atomic E-state index is 12.3. The zero-order valence-corrected chi connectivity index (χ0v) is 12.0. The van der Waals surface area contributed by atoms with Crippen molar-refractivity contribution in [2.75, 3.05) is 25.5 Å². The lowest BCUT2D eigenvalue weighted by atomic mass is 10.0. The van der Waals surface area contributed by atoms with Gasteiger partial charge in [-0.05, 0) is 38.4 Å². The van der Waals surface area contributed by atoms with E-state index in [0.717, 1.165) is 32.4 Å². The van der Waals surface area contributed by atoms with Crippen molar-refractivity contribution in [2.24, 2.45) is 0 Å². The minimum Gasteiger partial charge on any atom is -0.320 e. The molecule has 1 unspecified atom stereocenters. The Balaban J connectivity index is 2.00. The molecule has 2 N–H and O–H groups in total. The first-order valence-corrected chi connectivity index (χ1v) is 7.08. The summed E-state index contributed by atoms with van der Waals surface area (Å²) in [7, 11) is 1.88. The average Bonchev–Trinajstić information content (AvgIpc) is 2.48. The van der Waals surface area contributed by atoms with Gasteiger partial charge in [0.15, 0.2) is 0 Å². The van der Waals surface area contributed by atoms with E-state index >= 15 is 0 Å². The number of non-ortho nitro benzene ring substituents is 1. The van der Waals surface area contributed by atoms with Gasteiger partial charge in [0, 0.05) is 37.0 Å². The molecule has 114 valence electrons. The van der Waals surface area contributed by atoms with Crippen molar-refractivity contribution >= 4 is 17.4 Å². The number of nitro groups is 1. The predicted molar refractivity (Wildman–Crippen MR) is 80.4 cm³/mol. The second kappa shape index (κ2) is 7.03. The highest BCUT2D eigenvalue weighted by Gasteiger charge is 2.26. The molecule has 21 heavy (non-hydrogen) atoms. The molecule has 1 aliphatic heterocycles. The fourth-order valence-electron chi connectivity index (χ4n) is 2.58. The molecule has 0 spiro atoms. The predicted octanol–water partition coefficient (Wildman–Crippen LogP) is 2.20. The van der Waals surface area contributed by atoms with Gasteiger partial charge in [0.25, 0.3) is 5.69 Å². The third-order valence-electron chi connectivity index (χ3n) is 3.66. The molecular weight excluding hydrogens is 272 g/mol. The molecule has 7 nitrogen and oxygen atoms in total. The number of anilines is 1. The number of benzene rings is 1. The van der Waals surface area contributed by atoms with E-state index in [9.17, 15) is 14.9 Å². The van der Waals surface area contributed by atoms with E-state index in [1.165, 1.54) is 12.1 Å². The van der Waals surface area contributed by atoms with Crippen LogP contribution in [0.1, 0.15) is 19.3 Å². The first-order chi connectivity index (χ1) is 10.1. The number of carbonyl (C=O) groups excluding carboxylic acids is 1. The van der Waals surface area contributed by atoms with Crippen LogP contribution < -0.4 is 10.6 Å². The Kier molecular flexibility index (Phi) is 5.10. The van der Waals surface area contributed by atoms with Gasteiger partial charge >= 0.3 is 6.03 Å². The first-order valence-electron chi connectivity index (χ1n) is 7.08. The third-order valence-corrected chi connectivity index (χ3v) is 3.66. The highest BCUT2D eigenvalue weighted by atomic mass is 16.6. The zero-order valence-electron chi connectivity index (χ0n) is 12.0. The molecule has 2 amide bonds. The van der Waals surface area contributed by atoms with Gasteiger partial charge in [0.05, 0.1) is 4.92 Å². The summed E-state index contributed by atoms with van der Waals surface area (Å²) in [5.74, 6) is 0. The van der Waals surface area contributed by atoms with Crippen LogP contribution in [0.15, 0.2) is 24.3 Å². The summed E-state index contributed by atoms with van der Waals surface area (Å²) >= 11 is 0. The lowest BCUT2D eigenvalue weighted by Crippen LogP contribution is -2.49. The zero-order chi connectivity index (χ0) is 15.2. The van der Waals surface area contributed by atoms with Crippen LogP contribution in [0.4, 0.5) is 16.2 Å². The van der Waals surface area contributed by atoms with Gasteiger partial charge in [-0.3, -0.25) is 10.1 Å². The number of nitrogens with one attached hydrogen (secondary N) is 2. The Morgan fingerprint density at radius 2 is 2.10 bits per heavy atom. The number of hydrogen-bond donors (Lipinski definition) is 2. The Bertz CT molecular complexity index is 501. The Labute approximate surface area is 123 Å². The van der Waals surface area contributed by atoms with Gasteiger partial charge in [-0.15, -0.1) is 0 Å². The van der Waals surface area contributed by atoms with Crippen molar-refractivity contribution in [1.29, 1.82) is 0 Å². The standard InChI is InChI=1S/C14H20N4O3/c1-15-10-13-4-2-3-9-17(13)14(19)16-11-5-7-12(8-6-11)18(20)21/h5-8,13,15H,2-4,9-10H2,1H3,(H,16,19). The molecule has 1 aromatic carbocycles. The second-order valence-corrected chi connectivity index (χ2v) is 5.13. The summed E-state index contributed by atoms with van der Waals surface area (Å²) in [6.07, 6.45) is 3.13. The van der Waals surface area contributed by atoms with Crippen LogP contribution in [0.2, 0.25) is 0 Å². The van der Waals surface area contributed by atoms with Crippen LogP contribution in [0.25, 0.3) is 0 Å². The van der Waals surface area contributed by atoms with E-state index in [-0.39, 0.29) is 17.8 Å². The molecule has 7 heteroatoms. The van der Waals surface area contributed by atoms with Gasteiger partial charge in [-0.25, -0.2) is 4.79 Å². The molecule has 1 aromatic rings. The molecule has 0 bridgehead atoms. The number of carbonyl (C=O) groups is 1. The number of nitrogens with zero attached hydrogens (tertiary/aromatic N) is 2. The molecule has 0 saturated carbocycles. The fourth-order valence-corrected chi connectivity index (χ4v) is 2.58. The van der Waals surface area contributed by atoms with Crippen molar-refractivity contribution in [2.45, 2.75) is 25.3 Å². The van der Waals surface area contributed by atoms with E-state index in [1.807, 2.05) is 11.9 Å². The summed E-state index contributed by atoms with van der Waals surface area (Å²) in [6.45, 7) is 1.51. The molecule has 0 radical (unpaired) electrons. The molecule has 1 atom stereocenters. The number of likely N-dealkylation sites (tertiary alicyclic amines) is 1. The van der Waals surface area contributed by atoms with E-state index in [0.29, 0.717) is 5.69 Å². The van der Waals surface area contributed by atoms with Crippen LogP contribution in [0.3, 0.4) is 0 Å². The van der Waals surface area contributed by atoms with Gasteiger partial charge < -0.3 is 15.5 Å². The highest BCUT2D eigenvalue weighted by molar-refractivity contribution is 5.89. The molecule has 1 aliphatic rings. The molecule has 1 heterocycles. The minimum atomic E-state index is -0.459. The largest absolute Gasteiger partial charge is 0.322 e. The summed E-state index contributed by atoms with van der Waals surface area (Å²) < 4.78 is 0. The normalized spacial score (nSPS) is 18.3. The van der Waals surface area contributed by atoms with Crippen molar-refractivity contribution in [3.8, 4) is 0 Å². The highest BCUT2D eigenvalue weighted by Crippen LogP contribution is 2.19. The summed E-state index contributed by atoms with van der Waals surface area (Å²) in [4.78, 5) is 24.3. The van der Waals surface area contributed by atoms with E-state index in [1.54, 1.807) is 12.1 Å². The van der Waals surface area contributed by atoms with Crippen LogP contribution in [-0.2, 0) is 0 Å². The van der Waals surface area contributed by atoms with Crippen LogP contribution in [-0.4, -0.2) is 42.0 Å². The maximum atomic E-state index is 12.3. The molecule has 1 saturated heterocycles. The Hall–Kier alpha value is -2.15. The smallest absolute Gasteiger partial charge is 0.320 e. The van der Waals surface area contributed by atoms with Crippen LogP contribution in [0, 0.1) is 10.1 Å². The fraction of sp³-hybridized carbons (Fsp3) is 0.500. The molecule has 0 aliphatic carbocycles. The van der Waals surface area contributed by atoms with Crippen LogP contribution in [0.5, 0.6) is 0 Å². The Morgan fingerprint density at radius 3 is 2.71 bits per heavy atom. The van der Waals surface area contributed by atoms with E-state index < -0.39 is 4.92 Å². The minimum absolute atomic E-state index is 0.0130. The van der Waals surface area contributed by atoms with Crippen molar-refractivity contribution in [3.05, 3.63) is 34.4 Å². The van der Waals surface area contributed by atoms with E-state index in [2.05, 4.69) is 10.6 Å². The second-order valence-electron chi connectivity index (χ2n) is 5.13. The van der Waals surface area contributed by atoms with Crippen molar-refractivity contribution < 1.29 is 9.72 Å². The lowest BCUT2D eigenvalue weighted by molar-refractivity contribution is -0.384. The average molecular weight is 292 g/mol. The summed E-state index contributed by atoms with van der Waals surface area (Å²) in [5.41, 5.74) is 0.582. The van der Waals surface area contributed by atoms with Gasteiger partial charge in [-0.2, -0.15) is 0 Å². The number of piperidine rings is 1. The van der Waals surface area contributed by atoms with Crippen LogP contribution >= 0.6 is 0 Å². The van der Waals surface area contributed by atoms with E-state index in [4.69, 9.17) is 0 Å². The maximum Gasteiger partial charge on any atom is 0.322 e. The van der Waals surface area contributed by atoms with Gasteiger partial charge in [0.1, 0.15) is 0 Å². The number of nitro benzene ring substituents is 1. The van der Waals surface area contributed by atoms with Gasteiger partial charge in [0.2, 0.25) is 0 Å². The first kappa shape index (κ1) is 15.2. The molecule has 2 rings (SSSR count). The molecule has 0 aromatic heterocycles. The summed E-state index contributed by atoms with van der Waals surface area (Å²) in [5, 5.41) is 16.5. The number of urea groups is 1. The lowest BCUT2D eigenvalue weighted by Gasteiger charge is -2.35. The Morgan fingerprint density at radius 1 is 1.38 bits per heavy atom. The number of hydrogen-bond acceptors (Lipinski definition) is 4. The van der Waals surface area contributed by atoms with Crippen molar-refractivity contribution in [3.63, 3.8) is 0 Å². The number of rotatable bonds is 4.